The molecule has 0 N–H and O–H groups in total. The molecule has 1 aromatic carbocycles. The van der Waals surface area contributed by atoms with Crippen molar-refractivity contribution in [2.45, 2.75) is 32.2 Å². The quantitative estimate of drug-likeness (QED) is 0.755. The van der Waals surface area contributed by atoms with E-state index in [9.17, 15) is 8.42 Å². The normalized spacial score (nSPS) is 20.5. The first-order chi connectivity index (χ1) is 10.0. The average Bonchev–Trinajstić information content (AvgIpc) is 2.80. The van der Waals surface area contributed by atoms with Crippen LogP contribution >= 0.6 is 0 Å². The fraction of sp³-hybridized carbons (Fsp3) is 0.529. The maximum absolute atomic E-state index is 11.6. The molecule has 0 aromatic heterocycles. The molecule has 1 fully saturated rings. The summed E-state index contributed by atoms with van der Waals surface area (Å²) in [6.07, 6.45) is 8.16. The van der Waals surface area contributed by atoms with Crippen LogP contribution in [0.15, 0.2) is 24.3 Å². The minimum Gasteiger partial charge on any atom is -0.288 e. The Morgan fingerprint density at radius 1 is 1.38 bits per heavy atom. The Kier molecular flexibility index (Phi) is 5.44. The number of nitrogens with zero attached hydrogens (tertiary/aromatic N) is 1. The standard InChI is InChI=1S/C17H23NO2S/c1-3-11-18(17-10-13-21(19,20)14-17)12-6-9-16-8-5-4-7-15(16)2/h1,4-5,7-8,17H,6,9-14H2,2H3. The minimum atomic E-state index is -2.85. The Labute approximate surface area is 128 Å². The molecule has 0 radical (unpaired) electrons. The maximum atomic E-state index is 11.6. The van der Waals surface area contributed by atoms with Crippen LogP contribution in [0.1, 0.15) is 24.0 Å². The number of hydrogen-bond acceptors (Lipinski definition) is 3. The van der Waals surface area contributed by atoms with E-state index in [4.69, 9.17) is 6.42 Å². The van der Waals surface area contributed by atoms with Gasteiger partial charge in [-0.25, -0.2) is 8.42 Å². The van der Waals surface area contributed by atoms with Crippen LogP contribution in [-0.4, -0.2) is 44.0 Å². The van der Waals surface area contributed by atoms with Gasteiger partial charge in [0.25, 0.3) is 0 Å². The number of benzene rings is 1. The van der Waals surface area contributed by atoms with Crippen LogP contribution in [0, 0.1) is 19.3 Å². The van der Waals surface area contributed by atoms with Gasteiger partial charge in [0.15, 0.2) is 9.84 Å². The highest BCUT2D eigenvalue weighted by Crippen LogP contribution is 2.18. The van der Waals surface area contributed by atoms with Gasteiger partial charge in [-0.05, 0) is 43.9 Å². The minimum absolute atomic E-state index is 0.0999. The van der Waals surface area contributed by atoms with Gasteiger partial charge in [0.05, 0.1) is 18.1 Å². The van der Waals surface area contributed by atoms with E-state index in [1.165, 1.54) is 11.1 Å². The van der Waals surface area contributed by atoms with Crippen molar-refractivity contribution in [2.24, 2.45) is 0 Å². The lowest BCUT2D eigenvalue weighted by atomic mass is 10.0. The SMILES string of the molecule is C#CCN(CCCc1ccccc1C)C1CCS(=O)(=O)C1. The fourth-order valence-corrected chi connectivity index (χ4v) is 4.70. The van der Waals surface area contributed by atoms with E-state index in [0.717, 1.165) is 19.4 Å². The molecule has 0 bridgehead atoms. The second-order valence-electron chi connectivity index (χ2n) is 5.76. The van der Waals surface area contributed by atoms with E-state index >= 15 is 0 Å². The number of rotatable bonds is 6. The van der Waals surface area contributed by atoms with Crippen molar-refractivity contribution < 1.29 is 8.42 Å². The summed E-state index contributed by atoms with van der Waals surface area (Å²) >= 11 is 0. The van der Waals surface area contributed by atoms with Crippen LogP contribution in [-0.2, 0) is 16.3 Å². The molecule has 114 valence electrons. The second kappa shape index (κ2) is 7.11. The second-order valence-corrected chi connectivity index (χ2v) is 7.99. The third-order valence-corrected chi connectivity index (χ3v) is 5.92. The molecule has 0 aliphatic carbocycles. The highest BCUT2D eigenvalue weighted by Gasteiger charge is 2.31. The van der Waals surface area contributed by atoms with Gasteiger partial charge >= 0.3 is 0 Å². The summed E-state index contributed by atoms with van der Waals surface area (Å²) in [6, 6.07) is 8.49. The van der Waals surface area contributed by atoms with Crippen molar-refractivity contribution in [1.29, 1.82) is 0 Å². The topological polar surface area (TPSA) is 37.4 Å². The summed E-state index contributed by atoms with van der Waals surface area (Å²) in [5, 5.41) is 0. The van der Waals surface area contributed by atoms with Gasteiger partial charge < -0.3 is 0 Å². The lowest BCUT2D eigenvalue weighted by Gasteiger charge is -2.25. The summed E-state index contributed by atoms with van der Waals surface area (Å²) in [4.78, 5) is 2.16. The molecule has 0 saturated carbocycles. The smallest absolute Gasteiger partial charge is 0.151 e. The largest absolute Gasteiger partial charge is 0.288 e. The van der Waals surface area contributed by atoms with Gasteiger partial charge in [0.1, 0.15) is 0 Å². The van der Waals surface area contributed by atoms with Gasteiger partial charge in [-0.15, -0.1) is 6.42 Å². The van der Waals surface area contributed by atoms with Gasteiger partial charge in [-0.3, -0.25) is 4.90 Å². The Balaban J connectivity index is 1.89. The van der Waals surface area contributed by atoms with Gasteiger partial charge in [0, 0.05) is 6.04 Å². The lowest BCUT2D eigenvalue weighted by molar-refractivity contribution is 0.236. The van der Waals surface area contributed by atoms with Crippen molar-refractivity contribution in [2.75, 3.05) is 24.6 Å². The molecule has 3 nitrogen and oxygen atoms in total. The van der Waals surface area contributed by atoms with E-state index in [2.05, 4.69) is 35.9 Å². The molecular weight excluding hydrogens is 282 g/mol. The first-order valence-corrected chi connectivity index (χ1v) is 9.26. The van der Waals surface area contributed by atoms with Gasteiger partial charge in [-0.1, -0.05) is 30.2 Å². The summed E-state index contributed by atoms with van der Waals surface area (Å²) in [7, 11) is -2.85. The predicted octanol–water partition coefficient (Wildman–Crippen LogP) is 2.05. The van der Waals surface area contributed by atoms with E-state index in [1.807, 2.05) is 6.07 Å². The molecule has 0 spiro atoms. The molecular formula is C17H23NO2S. The molecule has 1 aliphatic heterocycles. The van der Waals surface area contributed by atoms with Crippen LogP contribution in [0.4, 0.5) is 0 Å². The Hall–Kier alpha value is -1.31. The summed E-state index contributed by atoms with van der Waals surface area (Å²) < 4.78 is 23.2. The fourth-order valence-electron chi connectivity index (χ4n) is 2.93. The molecule has 1 aromatic rings. The molecule has 21 heavy (non-hydrogen) atoms. The van der Waals surface area contributed by atoms with Crippen LogP contribution < -0.4 is 0 Å². The van der Waals surface area contributed by atoms with Crippen molar-refractivity contribution in [3.63, 3.8) is 0 Å². The van der Waals surface area contributed by atoms with Crippen LogP contribution in [0.2, 0.25) is 0 Å². The van der Waals surface area contributed by atoms with Crippen molar-refractivity contribution in [3.8, 4) is 12.3 Å². The van der Waals surface area contributed by atoms with Crippen molar-refractivity contribution in [3.05, 3.63) is 35.4 Å². The van der Waals surface area contributed by atoms with E-state index in [-0.39, 0.29) is 11.8 Å². The van der Waals surface area contributed by atoms with Gasteiger partial charge in [0.2, 0.25) is 0 Å². The number of sulfone groups is 1. The first kappa shape index (κ1) is 16.1. The Morgan fingerprint density at radius 3 is 2.76 bits per heavy atom. The zero-order chi connectivity index (χ0) is 15.3. The van der Waals surface area contributed by atoms with Gasteiger partial charge in [-0.2, -0.15) is 0 Å². The third kappa shape index (κ3) is 4.59. The predicted molar refractivity (Wildman–Crippen MR) is 87.0 cm³/mol. The molecule has 2 rings (SSSR count). The van der Waals surface area contributed by atoms with Crippen molar-refractivity contribution >= 4 is 9.84 Å². The maximum Gasteiger partial charge on any atom is 0.151 e. The van der Waals surface area contributed by atoms with Crippen molar-refractivity contribution in [1.82, 2.24) is 4.90 Å². The van der Waals surface area contributed by atoms with Crippen LogP contribution in [0.25, 0.3) is 0 Å². The van der Waals surface area contributed by atoms with E-state index in [0.29, 0.717) is 18.7 Å². The Bertz CT molecular complexity index is 616. The lowest BCUT2D eigenvalue weighted by Crippen LogP contribution is -2.37. The zero-order valence-electron chi connectivity index (χ0n) is 12.6. The first-order valence-electron chi connectivity index (χ1n) is 7.44. The summed E-state index contributed by atoms with van der Waals surface area (Å²) in [5.74, 6) is 3.23. The van der Waals surface area contributed by atoms with Crippen LogP contribution in [0.5, 0.6) is 0 Å². The number of hydrogen-bond donors (Lipinski definition) is 0. The molecule has 1 heterocycles. The number of aryl methyl sites for hydroxylation is 2. The van der Waals surface area contributed by atoms with E-state index < -0.39 is 9.84 Å². The summed E-state index contributed by atoms with van der Waals surface area (Å²) in [5.41, 5.74) is 2.67. The summed E-state index contributed by atoms with van der Waals surface area (Å²) in [6.45, 7) is 3.52. The highest BCUT2D eigenvalue weighted by atomic mass is 32.2. The van der Waals surface area contributed by atoms with E-state index in [1.54, 1.807) is 0 Å². The molecule has 1 unspecified atom stereocenters. The molecule has 1 saturated heterocycles. The van der Waals surface area contributed by atoms with Crippen LogP contribution in [0.3, 0.4) is 0 Å². The third-order valence-electron chi connectivity index (χ3n) is 4.17. The molecule has 1 atom stereocenters. The monoisotopic (exact) mass is 305 g/mol. The Morgan fingerprint density at radius 2 is 2.14 bits per heavy atom. The average molecular weight is 305 g/mol. The molecule has 4 heteroatoms. The number of terminal acetylenes is 1. The molecule has 0 amide bonds. The highest BCUT2D eigenvalue weighted by molar-refractivity contribution is 7.91. The molecule has 1 aliphatic rings. The zero-order valence-corrected chi connectivity index (χ0v) is 13.4.